The normalized spacial score (nSPS) is 17.3. The highest BCUT2D eigenvalue weighted by atomic mass is 32.2. The standard InChI is InChI=1S/C17H26N2O3S/c1-13-12-15(17(3,4)5)6-7-16(13)23(21,22)19-10-8-18(9-11-19)14(2)20/h6-7,12H,8-11H2,1-5H3. The molecule has 0 unspecified atom stereocenters. The number of amides is 1. The third-order valence-corrected chi connectivity index (χ3v) is 6.40. The van der Waals surface area contributed by atoms with Crippen LogP contribution in [-0.2, 0) is 20.2 Å². The Morgan fingerprint density at radius 3 is 2.09 bits per heavy atom. The van der Waals surface area contributed by atoms with Crippen LogP contribution < -0.4 is 0 Å². The van der Waals surface area contributed by atoms with E-state index >= 15 is 0 Å². The van der Waals surface area contributed by atoms with E-state index in [0.29, 0.717) is 31.1 Å². The van der Waals surface area contributed by atoms with E-state index in [0.717, 1.165) is 11.1 Å². The van der Waals surface area contributed by atoms with Crippen molar-refractivity contribution in [2.75, 3.05) is 26.2 Å². The van der Waals surface area contributed by atoms with Gasteiger partial charge < -0.3 is 4.90 Å². The van der Waals surface area contributed by atoms with Gasteiger partial charge in [-0.1, -0.05) is 32.9 Å². The molecule has 0 N–H and O–H groups in total. The maximum absolute atomic E-state index is 12.9. The highest BCUT2D eigenvalue weighted by molar-refractivity contribution is 7.89. The van der Waals surface area contributed by atoms with Crippen LogP contribution in [0.4, 0.5) is 0 Å². The lowest BCUT2D eigenvalue weighted by Gasteiger charge is -2.33. The fourth-order valence-electron chi connectivity index (χ4n) is 2.79. The lowest BCUT2D eigenvalue weighted by molar-refractivity contribution is -0.129. The van der Waals surface area contributed by atoms with E-state index in [4.69, 9.17) is 0 Å². The molecule has 0 spiro atoms. The molecule has 0 bridgehead atoms. The van der Waals surface area contributed by atoms with Crippen LogP contribution in [-0.4, -0.2) is 49.7 Å². The summed E-state index contributed by atoms with van der Waals surface area (Å²) in [5.41, 5.74) is 1.88. The Labute approximate surface area is 139 Å². The van der Waals surface area contributed by atoms with Gasteiger partial charge in [0.05, 0.1) is 4.90 Å². The summed E-state index contributed by atoms with van der Waals surface area (Å²) >= 11 is 0. The summed E-state index contributed by atoms with van der Waals surface area (Å²) in [7, 11) is -3.51. The summed E-state index contributed by atoms with van der Waals surface area (Å²) in [4.78, 5) is 13.4. The molecule has 1 saturated heterocycles. The highest BCUT2D eigenvalue weighted by Gasteiger charge is 2.30. The van der Waals surface area contributed by atoms with Gasteiger partial charge in [0.15, 0.2) is 0 Å². The molecule has 0 saturated carbocycles. The van der Waals surface area contributed by atoms with Crippen molar-refractivity contribution in [3.05, 3.63) is 29.3 Å². The van der Waals surface area contributed by atoms with Crippen molar-refractivity contribution in [3.63, 3.8) is 0 Å². The molecule has 1 aromatic rings. The Balaban J connectivity index is 2.26. The van der Waals surface area contributed by atoms with Gasteiger partial charge in [0.25, 0.3) is 0 Å². The quantitative estimate of drug-likeness (QED) is 0.830. The molecule has 128 valence electrons. The van der Waals surface area contributed by atoms with Crippen LogP contribution in [0.25, 0.3) is 0 Å². The molecule has 1 amide bonds. The van der Waals surface area contributed by atoms with E-state index in [1.54, 1.807) is 11.0 Å². The lowest BCUT2D eigenvalue weighted by Crippen LogP contribution is -2.50. The maximum atomic E-state index is 12.9. The van der Waals surface area contributed by atoms with Crippen LogP contribution in [0.1, 0.15) is 38.8 Å². The molecule has 2 rings (SSSR count). The molecule has 1 aromatic carbocycles. The van der Waals surface area contributed by atoms with E-state index in [-0.39, 0.29) is 11.3 Å². The number of sulfonamides is 1. The molecular formula is C17H26N2O3S. The largest absolute Gasteiger partial charge is 0.340 e. The van der Waals surface area contributed by atoms with E-state index < -0.39 is 10.0 Å². The number of nitrogens with zero attached hydrogens (tertiary/aromatic N) is 2. The van der Waals surface area contributed by atoms with E-state index in [1.807, 2.05) is 19.1 Å². The number of aryl methyl sites for hydroxylation is 1. The molecule has 6 heteroatoms. The Kier molecular flexibility index (Phi) is 4.87. The molecule has 0 aromatic heterocycles. The van der Waals surface area contributed by atoms with Gasteiger partial charge in [0.2, 0.25) is 15.9 Å². The summed E-state index contributed by atoms with van der Waals surface area (Å²) in [6, 6.07) is 5.56. The number of hydrogen-bond acceptors (Lipinski definition) is 3. The van der Waals surface area contributed by atoms with Crippen molar-refractivity contribution >= 4 is 15.9 Å². The summed E-state index contributed by atoms with van der Waals surface area (Å²) in [6.45, 7) is 11.3. The molecule has 0 aliphatic carbocycles. The third kappa shape index (κ3) is 3.75. The maximum Gasteiger partial charge on any atom is 0.243 e. The van der Waals surface area contributed by atoms with Crippen LogP contribution in [0.2, 0.25) is 0 Å². The van der Waals surface area contributed by atoms with Gasteiger partial charge in [-0.2, -0.15) is 4.31 Å². The van der Waals surface area contributed by atoms with Crippen LogP contribution >= 0.6 is 0 Å². The minimum absolute atomic E-state index is 0.00670. The average molecular weight is 338 g/mol. The van der Waals surface area contributed by atoms with Crippen LogP contribution in [0.15, 0.2) is 23.1 Å². The minimum atomic E-state index is -3.51. The lowest BCUT2D eigenvalue weighted by atomic mass is 9.86. The van der Waals surface area contributed by atoms with Gasteiger partial charge in [-0.25, -0.2) is 8.42 Å². The summed E-state index contributed by atoms with van der Waals surface area (Å²) in [5.74, 6) is -0.00670. The second kappa shape index (κ2) is 6.24. The van der Waals surface area contributed by atoms with Crippen molar-refractivity contribution in [1.29, 1.82) is 0 Å². The van der Waals surface area contributed by atoms with E-state index in [9.17, 15) is 13.2 Å². The molecule has 1 aliphatic heterocycles. The number of carbonyl (C=O) groups is 1. The van der Waals surface area contributed by atoms with Gasteiger partial charge in [0.1, 0.15) is 0 Å². The first-order chi connectivity index (χ1) is 10.5. The predicted octanol–water partition coefficient (Wildman–Crippen LogP) is 2.15. The summed E-state index contributed by atoms with van der Waals surface area (Å²) in [5, 5.41) is 0. The fourth-order valence-corrected chi connectivity index (χ4v) is 4.42. The molecule has 1 heterocycles. The molecular weight excluding hydrogens is 312 g/mol. The van der Waals surface area contributed by atoms with E-state index in [2.05, 4.69) is 20.8 Å². The molecule has 0 atom stereocenters. The number of piperazine rings is 1. The van der Waals surface area contributed by atoms with Crippen molar-refractivity contribution in [3.8, 4) is 0 Å². The molecule has 1 aliphatic rings. The van der Waals surface area contributed by atoms with Gasteiger partial charge in [0, 0.05) is 33.1 Å². The van der Waals surface area contributed by atoms with Crippen molar-refractivity contribution in [2.24, 2.45) is 0 Å². The Morgan fingerprint density at radius 2 is 1.65 bits per heavy atom. The smallest absolute Gasteiger partial charge is 0.243 e. The first-order valence-electron chi connectivity index (χ1n) is 7.90. The zero-order valence-corrected chi connectivity index (χ0v) is 15.4. The Bertz CT molecular complexity index is 697. The van der Waals surface area contributed by atoms with Gasteiger partial charge in [-0.3, -0.25) is 4.79 Å². The first-order valence-corrected chi connectivity index (χ1v) is 9.34. The average Bonchev–Trinajstić information content (AvgIpc) is 2.46. The predicted molar refractivity (Wildman–Crippen MR) is 90.9 cm³/mol. The third-order valence-electron chi connectivity index (χ3n) is 4.34. The van der Waals surface area contributed by atoms with Crippen molar-refractivity contribution < 1.29 is 13.2 Å². The van der Waals surface area contributed by atoms with Gasteiger partial charge >= 0.3 is 0 Å². The molecule has 23 heavy (non-hydrogen) atoms. The number of rotatable bonds is 2. The Hall–Kier alpha value is -1.40. The van der Waals surface area contributed by atoms with Gasteiger partial charge in [-0.05, 0) is 29.5 Å². The molecule has 0 radical (unpaired) electrons. The number of benzene rings is 1. The Morgan fingerprint density at radius 1 is 1.09 bits per heavy atom. The fraction of sp³-hybridized carbons (Fsp3) is 0.588. The van der Waals surface area contributed by atoms with Crippen molar-refractivity contribution in [2.45, 2.75) is 44.9 Å². The number of hydrogen-bond donors (Lipinski definition) is 0. The zero-order chi connectivity index (χ0) is 17.4. The van der Waals surface area contributed by atoms with Crippen LogP contribution in [0.5, 0.6) is 0 Å². The molecule has 1 fully saturated rings. The topological polar surface area (TPSA) is 57.7 Å². The summed E-state index contributed by atoms with van der Waals surface area (Å²) in [6.07, 6.45) is 0. The van der Waals surface area contributed by atoms with Gasteiger partial charge in [-0.15, -0.1) is 0 Å². The monoisotopic (exact) mass is 338 g/mol. The minimum Gasteiger partial charge on any atom is -0.340 e. The van der Waals surface area contributed by atoms with E-state index in [1.165, 1.54) is 11.2 Å². The van der Waals surface area contributed by atoms with Crippen LogP contribution in [0, 0.1) is 6.92 Å². The SMILES string of the molecule is CC(=O)N1CCN(S(=O)(=O)c2ccc(C(C)(C)C)cc2C)CC1. The molecule has 5 nitrogen and oxygen atoms in total. The van der Waals surface area contributed by atoms with Crippen molar-refractivity contribution in [1.82, 2.24) is 9.21 Å². The summed E-state index contributed by atoms with van der Waals surface area (Å²) < 4.78 is 27.2. The van der Waals surface area contributed by atoms with Crippen LogP contribution in [0.3, 0.4) is 0 Å². The second-order valence-electron chi connectivity index (χ2n) is 7.14. The zero-order valence-electron chi connectivity index (χ0n) is 14.6. The first kappa shape index (κ1) is 17.9. The number of carbonyl (C=O) groups excluding carboxylic acids is 1. The second-order valence-corrected chi connectivity index (χ2v) is 9.05. The highest BCUT2D eigenvalue weighted by Crippen LogP contribution is 2.28.